The molecule has 1 aromatic carbocycles. The van der Waals surface area contributed by atoms with Crippen molar-refractivity contribution in [1.82, 2.24) is 4.98 Å². The highest BCUT2D eigenvalue weighted by molar-refractivity contribution is 7.19. The normalized spacial score (nSPS) is 10.5. The van der Waals surface area contributed by atoms with E-state index in [9.17, 15) is 4.79 Å². The van der Waals surface area contributed by atoms with Gasteiger partial charge in [-0.1, -0.05) is 29.3 Å². The molecule has 0 aliphatic carbocycles. The number of aryl methyl sites for hydroxylation is 2. The van der Waals surface area contributed by atoms with Gasteiger partial charge in [-0.2, -0.15) is 0 Å². The van der Waals surface area contributed by atoms with E-state index < -0.39 is 5.97 Å². The van der Waals surface area contributed by atoms with Gasteiger partial charge in [-0.3, -0.25) is 0 Å². The van der Waals surface area contributed by atoms with Gasteiger partial charge in [0.05, 0.1) is 0 Å². The number of aromatic nitrogens is 1. The first-order chi connectivity index (χ1) is 7.99. The van der Waals surface area contributed by atoms with Crippen molar-refractivity contribution >= 4 is 28.9 Å². The van der Waals surface area contributed by atoms with E-state index in [0.717, 1.165) is 16.7 Å². The van der Waals surface area contributed by atoms with Gasteiger partial charge in [0, 0.05) is 5.56 Å². The summed E-state index contributed by atoms with van der Waals surface area (Å²) in [5.74, 6) is -1.09. The molecule has 1 N–H and O–H groups in total. The van der Waals surface area contributed by atoms with E-state index in [-0.39, 0.29) is 10.0 Å². The van der Waals surface area contributed by atoms with Gasteiger partial charge in [0.25, 0.3) is 0 Å². The quantitative estimate of drug-likeness (QED) is 0.901. The van der Waals surface area contributed by atoms with Gasteiger partial charge < -0.3 is 5.11 Å². The standard InChI is InChI=1S/C12H10ClNO2S/c1-6-3-4-7(2)8(5-6)11-14-9(12(15)16)10(13)17-11/h3-5H,1-2H3,(H,15,16). The number of aromatic carboxylic acids is 1. The van der Waals surface area contributed by atoms with E-state index in [1.54, 1.807) is 0 Å². The molecule has 1 aromatic heterocycles. The molecule has 88 valence electrons. The number of carbonyl (C=O) groups is 1. The zero-order valence-corrected chi connectivity index (χ0v) is 10.9. The van der Waals surface area contributed by atoms with Crippen LogP contribution in [0.5, 0.6) is 0 Å². The van der Waals surface area contributed by atoms with Crippen molar-refractivity contribution in [3.8, 4) is 10.6 Å². The summed E-state index contributed by atoms with van der Waals surface area (Å²) in [6.45, 7) is 3.95. The molecule has 0 atom stereocenters. The fourth-order valence-electron chi connectivity index (χ4n) is 1.51. The summed E-state index contributed by atoms with van der Waals surface area (Å²) in [6, 6.07) is 5.97. The third-order valence-electron chi connectivity index (χ3n) is 2.41. The molecule has 0 bridgehead atoms. The average molecular weight is 268 g/mol. The lowest BCUT2D eigenvalue weighted by Gasteiger charge is -2.02. The summed E-state index contributed by atoms with van der Waals surface area (Å²) in [5, 5.41) is 9.56. The third kappa shape index (κ3) is 2.33. The second-order valence-corrected chi connectivity index (χ2v) is 5.37. The fraction of sp³-hybridized carbons (Fsp3) is 0.167. The number of hydrogen-bond acceptors (Lipinski definition) is 3. The highest BCUT2D eigenvalue weighted by Gasteiger charge is 2.17. The van der Waals surface area contributed by atoms with Gasteiger partial charge in [-0.05, 0) is 25.5 Å². The minimum atomic E-state index is -1.09. The zero-order valence-electron chi connectivity index (χ0n) is 9.32. The third-order valence-corrected chi connectivity index (χ3v) is 3.70. The molecule has 0 aliphatic heterocycles. The number of halogens is 1. The van der Waals surface area contributed by atoms with E-state index in [1.807, 2.05) is 32.0 Å². The van der Waals surface area contributed by atoms with Crippen LogP contribution in [0, 0.1) is 13.8 Å². The van der Waals surface area contributed by atoms with E-state index in [1.165, 1.54) is 11.3 Å². The first-order valence-corrected chi connectivity index (χ1v) is 6.15. The van der Waals surface area contributed by atoms with Crippen LogP contribution in [0.15, 0.2) is 18.2 Å². The number of nitrogens with zero attached hydrogens (tertiary/aromatic N) is 1. The molecule has 0 unspecified atom stereocenters. The van der Waals surface area contributed by atoms with Crippen LogP contribution in [0.2, 0.25) is 4.34 Å². The molecule has 3 nitrogen and oxygen atoms in total. The first kappa shape index (κ1) is 12.1. The molecule has 5 heteroatoms. The Hall–Kier alpha value is -1.39. The summed E-state index contributed by atoms with van der Waals surface area (Å²) < 4.78 is 0.216. The number of rotatable bonds is 2. The van der Waals surface area contributed by atoms with Crippen LogP contribution in [0.4, 0.5) is 0 Å². The van der Waals surface area contributed by atoms with Gasteiger partial charge >= 0.3 is 5.97 Å². The second-order valence-electron chi connectivity index (χ2n) is 3.76. The Kier molecular flexibility index (Phi) is 3.17. The molecule has 0 amide bonds. The fourth-order valence-corrected chi connectivity index (χ4v) is 2.72. The van der Waals surface area contributed by atoms with Gasteiger partial charge in [-0.15, -0.1) is 11.3 Å². The van der Waals surface area contributed by atoms with E-state index in [2.05, 4.69) is 4.98 Å². The van der Waals surface area contributed by atoms with Crippen LogP contribution in [0.25, 0.3) is 10.6 Å². The lowest BCUT2D eigenvalue weighted by molar-refractivity contribution is 0.0691. The Labute approximate surface area is 108 Å². The minimum Gasteiger partial charge on any atom is -0.476 e. The van der Waals surface area contributed by atoms with Crippen molar-refractivity contribution in [3.05, 3.63) is 39.4 Å². The lowest BCUT2D eigenvalue weighted by Crippen LogP contribution is -1.97. The Morgan fingerprint density at radius 2 is 2.12 bits per heavy atom. The molecule has 0 aliphatic rings. The maximum Gasteiger partial charge on any atom is 0.356 e. The minimum absolute atomic E-state index is 0.0763. The predicted octanol–water partition coefficient (Wildman–Crippen LogP) is 3.78. The highest BCUT2D eigenvalue weighted by atomic mass is 35.5. The number of thiazole rings is 1. The summed E-state index contributed by atoms with van der Waals surface area (Å²) in [4.78, 5) is 14.9. The maximum absolute atomic E-state index is 10.9. The van der Waals surface area contributed by atoms with Crippen molar-refractivity contribution in [2.45, 2.75) is 13.8 Å². The first-order valence-electron chi connectivity index (χ1n) is 4.96. The molecule has 17 heavy (non-hydrogen) atoms. The monoisotopic (exact) mass is 267 g/mol. The summed E-state index contributed by atoms with van der Waals surface area (Å²) in [7, 11) is 0. The van der Waals surface area contributed by atoms with E-state index >= 15 is 0 Å². The molecule has 0 saturated heterocycles. The van der Waals surface area contributed by atoms with Crippen molar-refractivity contribution in [2.24, 2.45) is 0 Å². The molecule has 2 aromatic rings. The van der Waals surface area contributed by atoms with Gasteiger partial charge in [0.15, 0.2) is 5.69 Å². The Balaban J connectivity index is 2.57. The molecule has 0 saturated carbocycles. The average Bonchev–Trinajstić information content (AvgIpc) is 2.64. The maximum atomic E-state index is 10.9. The number of carboxylic acids is 1. The van der Waals surface area contributed by atoms with E-state index in [0.29, 0.717) is 5.01 Å². The topological polar surface area (TPSA) is 50.2 Å². The Bertz CT molecular complexity index is 592. The van der Waals surface area contributed by atoms with Crippen LogP contribution >= 0.6 is 22.9 Å². The molecule has 0 radical (unpaired) electrons. The van der Waals surface area contributed by atoms with Gasteiger partial charge in [0.2, 0.25) is 0 Å². The van der Waals surface area contributed by atoms with Crippen LogP contribution in [0.3, 0.4) is 0 Å². The van der Waals surface area contributed by atoms with Crippen molar-refractivity contribution < 1.29 is 9.90 Å². The zero-order chi connectivity index (χ0) is 12.6. The van der Waals surface area contributed by atoms with Crippen LogP contribution in [0.1, 0.15) is 21.6 Å². The molecule has 2 rings (SSSR count). The lowest BCUT2D eigenvalue weighted by atomic mass is 10.1. The number of carboxylic acid groups (broad SMARTS) is 1. The summed E-state index contributed by atoms with van der Waals surface area (Å²) in [6.07, 6.45) is 0. The Morgan fingerprint density at radius 1 is 1.41 bits per heavy atom. The Morgan fingerprint density at radius 3 is 2.71 bits per heavy atom. The molecular formula is C12H10ClNO2S. The summed E-state index contributed by atoms with van der Waals surface area (Å²) >= 11 is 7.05. The van der Waals surface area contributed by atoms with E-state index in [4.69, 9.17) is 16.7 Å². The SMILES string of the molecule is Cc1ccc(C)c(-c2nc(C(=O)O)c(Cl)s2)c1. The molecular weight excluding hydrogens is 258 g/mol. The largest absolute Gasteiger partial charge is 0.476 e. The highest BCUT2D eigenvalue weighted by Crippen LogP contribution is 2.33. The predicted molar refractivity (Wildman–Crippen MR) is 69.0 cm³/mol. The van der Waals surface area contributed by atoms with Gasteiger partial charge in [0.1, 0.15) is 9.34 Å². The van der Waals surface area contributed by atoms with Crippen LogP contribution in [-0.4, -0.2) is 16.1 Å². The second kappa shape index (κ2) is 4.47. The number of benzene rings is 1. The van der Waals surface area contributed by atoms with Gasteiger partial charge in [-0.25, -0.2) is 9.78 Å². The number of hydrogen-bond donors (Lipinski definition) is 1. The van der Waals surface area contributed by atoms with Crippen LogP contribution < -0.4 is 0 Å². The van der Waals surface area contributed by atoms with Crippen molar-refractivity contribution in [2.75, 3.05) is 0 Å². The van der Waals surface area contributed by atoms with Crippen LogP contribution in [-0.2, 0) is 0 Å². The molecule has 0 spiro atoms. The smallest absolute Gasteiger partial charge is 0.356 e. The van der Waals surface area contributed by atoms with Crippen molar-refractivity contribution in [3.63, 3.8) is 0 Å². The van der Waals surface area contributed by atoms with Crippen molar-refractivity contribution in [1.29, 1.82) is 0 Å². The molecule has 1 heterocycles. The summed E-state index contributed by atoms with van der Waals surface area (Å²) in [5.41, 5.74) is 3.02. The molecule has 0 fully saturated rings.